The predicted octanol–water partition coefficient (Wildman–Crippen LogP) is 3.38. The summed E-state index contributed by atoms with van der Waals surface area (Å²) in [6, 6.07) is 3.16. The highest BCUT2D eigenvalue weighted by Crippen LogP contribution is 2.38. The zero-order valence-electron chi connectivity index (χ0n) is 21.7. The monoisotopic (exact) mass is 578 g/mol. The Morgan fingerprint density at radius 2 is 2.08 bits per heavy atom. The molecular formula is C26H29F3N6O4S. The van der Waals surface area contributed by atoms with Gasteiger partial charge in [-0.2, -0.15) is 13.2 Å². The number of amides is 3. The van der Waals surface area contributed by atoms with E-state index in [-0.39, 0.29) is 29.6 Å². The topological polar surface area (TPSA) is 139 Å². The van der Waals surface area contributed by atoms with Gasteiger partial charge in [0.25, 0.3) is 11.8 Å². The number of carbonyl (C=O) groups is 3. The lowest BCUT2D eigenvalue weighted by Gasteiger charge is -2.28. The fraction of sp³-hybridized carbons (Fsp3) is 0.423. The van der Waals surface area contributed by atoms with Gasteiger partial charge in [-0.3, -0.25) is 24.3 Å². The van der Waals surface area contributed by atoms with Gasteiger partial charge in [-0.25, -0.2) is 4.98 Å². The highest BCUT2D eigenvalue weighted by Gasteiger charge is 2.35. The standard InChI is InChI=1S/C26H29F3N6O4S/c1-31-12-17(10-30)33-23(37)19(8-15-4-2-3-5-15)34-24(38)21-7-6-18(40-21)13-35-20-9-16(26(27,28)29)11-32-25(20)39-14-22(35)36/h6-7,9-12,15,19H,2-5,8,13-14,30H2,1H3,(H,33,37)(H,34,38)/b17-10+,31-12?/t19-/m0/s1. The third kappa shape index (κ3) is 6.97. The van der Waals surface area contributed by atoms with E-state index in [0.29, 0.717) is 29.1 Å². The summed E-state index contributed by atoms with van der Waals surface area (Å²) in [5.74, 6) is -1.23. The predicted molar refractivity (Wildman–Crippen MR) is 143 cm³/mol. The fourth-order valence-corrected chi connectivity index (χ4v) is 5.58. The number of pyridine rings is 1. The minimum Gasteiger partial charge on any atom is -0.466 e. The van der Waals surface area contributed by atoms with Crippen LogP contribution in [0.4, 0.5) is 18.9 Å². The van der Waals surface area contributed by atoms with E-state index in [4.69, 9.17) is 10.5 Å². The van der Waals surface area contributed by atoms with Crippen LogP contribution in [-0.4, -0.2) is 48.6 Å². The van der Waals surface area contributed by atoms with Crippen molar-refractivity contribution in [2.24, 2.45) is 16.6 Å². The van der Waals surface area contributed by atoms with Crippen LogP contribution in [0.3, 0.4) is 0 Å². The highest BCUT2D eigenvalue weighted by atomic mass is 32.1. The number of aliphatic imine (C=N–C) groups is 1. The van der Waals surface area contributed by atoms with Crippen LogP contribution in [0.1, 0.15) is 52.2 Å². The number of aromatic nitrogens is 1. The van der Waals surface area contributed by atoms with Crippen LogP contribution >= 0.6 is 11.3 Å². The van der Waals surface area contributed by atoms with E-state index in [1.807, 2.05) is 0 Å². The van der Waals surface area contributed by atoms with E-state index in [9.17, 15) is 27.6 Å². The fourth-order valence-electron chi connectivity index (χ4n) is 4.68. The number of thiophene rings is 1. The molecule has 4 rings (SSSR count). The van der Waals surface area contributed by atoms with Gasteiger partial charge in [0.1, 0.15) is 11.7 Å². The lowest BCUT2D eigenvalue weighted by atomic mass is 9.97. The number of rotatable bonds is 9. The van der Waals surface area contributed by atoms with Crippen molar-refractivity contribution in [1.82, 2.24) is 15.6 Å². The summed E-state index contributed by atoms with van der Waals surface area (Å²) < 4.78 is 44.9. The van der Waals surface area contributed by atoms with Crippen molar-refractivity contribution in [1.29, 1.82) is 0 Å². The summed E-state index contributed by atoms with van der Waals surface area (Å²) in [6.07, 6.45) is 3.16. The Balaban J connectivity index is 1.49. The molecule has 0 aromatic carbocycles. The maximum atomic E-state index is 13.2. The molecule has 0 spiro atoms. The Bertz CT molecular complexity index is 1320. The van der Waals surface area contributed by atoms with E-state index in [1.165, 1.54) is 19.5 Å². The van der Waals surface area contributed by atoms with Gasteiger partial charge in [-0.05, 0) is 30.5 Å². The van der Waals surface area contributed by atoms with E-state index >= 15 is 0 Å². The Morgan fingerprint density at radius 1 is 1.32 bits per heavy atom. The zero-order valence-corrected chi connectivity index (χ0v) is 22.5. The van der Waals surface area contributed by atoms with Crippen molar-refractivity contribution in [3.63, 3.8) is 0 Å². The maximum Gasteiger partial charge on any atom is 0.417 e. The van der Waals surface area contributed by atoms with Gasteiger partial charge < -0.3 is 21.1 Å². The molecule has 14 heteroatoms. The largest absolute Gasteiger partial charge is 0.466 e. The van der Waals surface area contributed by atoms with Crippen molar-refractivity contribution < 1.29 is 32.3 Å². The molecule has 40 heavy (non-hydrogen) atoms. The van der Waals surface area contributed by atoms with Crippen molar-refractivity contribution in [2.45, 2.75) is 50.9 Å². The normalized spacial score (nSPS) is 17.1. The molecule has 1 aliphatic carbocycles. The molecule has 1 atom stereocenters. The second-order valence-corrected chi connectivity index (χ2v) is 10.7. The van der Waals surface area contributed by atoms with Crippen molar-refractivity contribution in [3.8, 4) is 5.88 Å². The molecule has 2 aromatic heterocycles. The van der Waals surface area contributed by atoms with Crippen LogP contribution in [0, 0.1) is 5.92 Å². The lowest BCUT2D eigenvalue weighted by Crippen LogP contribution is -2.47. The molecule has 1 fully saturated rings. The summed E-state index contributed by atoms with van der Waals surface area (Å²) >= 11 is 1.07. The molecule has 0 radical (unpaired) electrons. The van der Waals surface area contributed by atoms with E-state index in [1.54, 1.807) is 12.1 Å². The summed E-state index contributed by atoms with van der Waals surface area (Å²) in [5.41, 5.74) is 4.76. The number of carbonyl (C=O) groups excluding carboxylic acids is 3. The average molecular weight is 579 g/mol. The Kier molecular flexibility index (Phi) is 9.07. The molecule has 4 N–H and O–H groups in total. The minimum atomic E-state index is -4.65. The molecule has 0 saturated heterocycles. The van der Waals surface area contributed by atoms with E-state index in [2.05, 4.69) is 20.6 Å². The average Bonchev–Trinajstić information content (AvgIpc) is 3.61. The quantitative estimate of drug-likeness (QED) is 0.390. The first kappa shape index (κ1) is 29.1. The second kappa shape index (κ2) is 12.5. The molecule has 0 bridgehead atoms. The van der Waals surface area contributed by atoms with Crippen molar-refractivity contribution >= 4 is 41.0 Å². The van der Waals surface area contributed by atoms with Crippen LogP contribution in [0.25, 0.3) is 0 Å². The molecule has 214 valence electrons. The summed E-state index contributed by atoms with van der Waals surface area (Å²) in [4.78, 5) is 48.3. The number of nitrogens with zero attached hydrogens (tertiary/aromatic N) is 3. The maximum absolute atomic E-state index is 13.2. The first-order chi connectivity index (χ1) is 19.1. The molecule has 3 amide bonds. The molecule has 10 nitrogen and oxygen atoms in total. The number of alkyl halides is 3. The number of anilines is 1. The number of halogens is 3. The minimum absolute atomic E-state index is 0.0802. The van der Waals surface area contributed by atoms with E-state index in [0.717, 1.165) is 48.0 Å². The van der Waals surface area contributed by atoms with Crippen LogP contribution < -0.4 is 26.0 Å². The first-order valence-electron chi connectivity index (χ1n) is 12.6. The number of fused-ring (bicyclic) bond motifs is 1. The number of hydrogen-bond donors (Lipinski definition) is 3. The van der Waals surface area contributed by atoms with Gasteiger partial charge in [0.2, 0.25) is 11.8 Å². The summed E-state index contributed by atoms with van der Waals surface area (Å²) in [6.45, 7) is -0.451. The SMILES string of the molecule is CN=C/C(=C\N)NC(=O)[C@H](CC1CCCC1)NC(=O)c1ccc(CN2C(=O)COc3ncc(C(F)(F)F)cc32)s1. The first-order valence-corrected chi connectivity index (χ1v) is 13.5. The number of allylic oxidation sites excluding steroid dienone is 1. The molecule has 2 aromatic rings. The second-order valence-electron chi connectivity index (χ2n) is 9.49. The highest BCUT2D eigenvalue weighted by molar-refractivity contribution is 7.14. The molecule has 1 aliphatic heterocycles. The molecule has 0 unspecified atom stereocenters. The zero-order chi connectivity index (χ0) is 28.9. The Labute approximate surface area is 232 Å². The number of hydrogen-bond acceptors (Lipinski definition) is 8. The van der Waals surface area contributed by atoms with Crippen molar-refractivity contribution in [3.05, 3.63) is 51.6 Å². The Hall–Kier alpha value is -3.94. The summed E-state index contributed by atoms with van der Waals surface area (Å²) in [5, 5.41) is 5.49. The van der Waals surface area contributed by atoms with Gasteiger partial charge in [0.05, 0.1) is 22.7 Å². The van der Waals surface area contributed by atoms with Crippen molar-refractivity contribution in [2.75, 3.05) is 18.6 Å². The molecule has 2 aliphatic rings. The van der Waals surface area contributed by atoms with E-state index < -0.39 is 35.5 Å². The van der Waals surface area contributed by atoms with Gasteiger partial charge in [-0.1, -0.05) is 25.7 Å². The molecular weight excluding hydrogens is 549 g/mol. The molecule has 3 heterocycles. The number of nitrogens with one attached hydrogen (secondary N) is 2. The van der Waals surface area contributed by atoms with Crippen LogP contribution in [-0.2, 0) is 22.3 Å². The van der Waals surface area contributed by atoms with Gasteiger partial charge in [0, 0.05) is 30.5 Å². The third-order valence-electron chi connectivity index (χ3n) is 6.66. The number of ether oxygens (including phenoxy) is 1. The van der Waals surface area contributed by atoms with Gasteiger partial charge in [0.15, 0.2) is 6.61 Å². The smallest absolute Gasteiger partial charge is 0.417 e. The lowest BCUT2D eigenvalue weighted by molar-refractivity contribution is -0.138. The molecule has 1 saturated carbocycles. The van der Waals surface area contributed by atoms with Crippen LogP contribution in [0.2, 0.25) is 0 Å². The van der Waals surface area contributed by atoms with Crippen LogP contribution in [0.5, 0.6) is 5.88 Å². The van der Waals surface area contributed by atoms with Gasteiger partial charge in [-0.15, -0.1) is 11.3 Å². The van der Waals surface area contributed by atoms with Crippen LogP contribution in [0.15, 0.2) is 41.3 Å². The van der Waals surface area contributed by atoms with Gasteiger partial charge >= 0.3 is 6.18 Å². The third-order valence-corrected chi connectivity index (χ3v) is 7.73. The number of nitrogens with two attached hydrogens (primary N) is 1. The Morgan fingerprint density at radius 3 is 2.75 bits per heavy atom. The summed E-state index contributed by atoms with van der Waals surface area (Å²) in [7, 11) is 1.54.